The Morgan fingerprint density at radius 3 is 2.62 bits per heavy atom. The van der Waals surface area contributed by atoms with Gasteiger partial charge < -0.3 is 5.32 Å². The fourth-order valence-electron chi connectivity index (χ4n) is 3.32. The van der Waals surface area contributed by atoms with Gasteiger partial charge >= 0.3 is 0 Å². The molecule has 1 aliphatic heterocycles. The van der Waals surface area contributed by atoms with Crippen molar-refractivity contribution in [2.45, 2.75) is 64.6 Å². The number of hydrogen-bond acceptors (Lipinski definition) is 4. The average molecular weight is 306 g/mol. The Morgan fingerprint density at radius 2 is 2.00 bits per heavy atom. The molecule has 0 spiro atoms. The van der Waals surface area contributed by atoms with E-state index in [1.54, 1.807) is 11.3 Å². The molecule has 4 nitrogen and oxygen atoms in total. The molecule has 0 bridgehead atoms. The second-order valence-corrected chi connectivity index (χ2v) is 7.47. The summed E-state index contributed by atoms with van der Waals surface area (Å²) in [5, 5.41) is 3.27. The van der Waals surface area contributed by atoms with Crippen LogP contribution >= 0.6 is 11.3 Å². The van der Waals surface area contributed by atoms with E-state index in [0.717, 1.165) is 25.7 Å². The molecule has 2 fully saturated rings. The zero-order valence-corrected chi connectivity index (χ0v) is 13.5. The molecule has 2 amide bonds. The molecule has 5 heteroatoms. The van der Waals surface area contributed by atoms with E-state index in [9.17, 15) is 9.59 Å². The van der Waals surface area contributed by atoms with Crippen molar-refractivity contribution in [2.24, 2.45) is 0 Å². The number of thiophene rings is 1. The third kappa shape index (κ3) is 2.90. The molecule has 1 aromatic heterocycles. The van der Waals surface area contributed by atoms with Crippen LogP contribution in [0.1, 0.15) is 47.4 Å². The number of carbonyl (C=O) groups excluding carboxylic acids is 2. The maximum absolute atomic E-state index is 12.4. The predicted octanol–water partition coefficient (Wildman–Crippen LogP) is 2.52. The molecule has 1 N–H and O–H groups in total. The monoisotopic (exact) mass is 306 g/mol. The summed E-state index contributed by atoms with van der Waals surface area (Å²) < 4.78 is 0. The van der Waals surface area contributed by atoms with Gasteiger partial charge in [0, 0.05) is 22.3 Å². The Morgan fingerprint density at radius 1 is 1.29 bits per heavy atom. The Labute approximate surface area is 129 Å². The maximum Gasteiger partial charge on any atom is 0.247 e. The minimum absolute atomic E-state index is 0.00272. The zero-order valence-electron chi connectivity index (χ0n) is 12.6. The van der Waals surface area contributed by atoms with Gasteiger partial charge in [-0.25, -0.2) is 0 Å². The quantitative estimate of drug-likeness (QED) is 0.870. The summed E-state index contributed by atoms with van der Waals surface area (Å²) in [6.45, 7) is 4.87. The summed E-state index contributed by atoms with van der Waals surface area (Å²) in [4.78, 5) is 28.6. The molecule has 2 aliphatic rings. The maximum atomic E-state index is 12.4. The van der Waals surface area contributed by atoms with Crippen LogP contribution in [0.4, 0.5) is 0 Å². The fourth-order valence-corrected chi connectivity index (χ4v) is 4.32. The van der Waals surface area contributed by atoms with Gasteiger partial charge in [0.1, 0.15) is 0 Å². The lowest BCUT2D eigenvalue weighted by molar-refractivity contribution is -0.141. The molecule has 1 unspecified atom stereocenters. The topological polar surface area (TPSA) is 49.4 Å². The lowest BCUT2D eigenvalue weighted by Crippen LogP contribution is -2.42. The first-order chi connectivity index (χ1) is 10.1. The van der Waals surface area contributed by atoms with Crippen LogP contribution in [-0.2, 0) is 16.1 Å². The number of amides is 2. The number of aryl methyl sites for hydroxylation is 2. The number of hydrogen-bond donors (Lipinski definition) is 1. The molecule has 1 aliphatic carbocycles. The van der Waals surface area contributed by atoms with E-state index >= 15 is 0 Å². The van der Waals surface area contributed by atoms with Gasteiger partial charge in [-0.05, 0) is 38.3 Å². The number of likely N-dealkylation sites (tertiary alicyclic amines) is 1. The first-order valence-corrected chi connectivity index (χ1v) is 8.53. The molecule has 0 radical (unpaired) electrons. The largest absolute Gasteiger partial charge is 0.300 e. The molecule has 3 rings (SSSR count). The lowest BCUT2D eigenvalue weighted by Gasteiger charge is -2.22. The normalized spacial score (nSPS) is 23.5. The number of nitrogens with one attached hydrogen (secondary N) is 1. The molecule has 1 aromatic rings. The summed E-state index contributed by atoms with van der Waals surface area (Å²) in [6.07, 6.45) is 4.54. The highest BCUT2D eigenvalue weighted by atomic mass is 32.1. The number of carbonyl (C=O) groups is 2. The van der Waals surface area contributed by atoms with Crippen LogP contribution in [0.25, 0.3) is 0 Å². The van der Waals surface area contributed by atoms with E-state index in [1.807, 2.05) is 0 Å². The van der Waals surface area contributed by atoms with Gasteiger partial charge in [-0.1, -0.05) is 12.8 Å². The van der Waals surface area contributed by atoms with Gasteiger partial charge in [-0.3, -0.25) is 14.5 Å². The number of nitrogens with zero attached hydrogens (tertiary/aromatic N) is 1. The lowest BCUT2D eigenvalue weighted by atomic mass is 10.2. The molecule has 114 valence electrons. The van der Waals surface area contributed by atoms with Crippen LogP contribution < -0.4 is 5.32 Å². The molecule has 1 saturated carbocycles. The highest BCUT2D eigenvalue weighted by Crippen LogP contribution is 2.28. The Hall–Kier alpha value is -1.20. The van der Waals surface area contributed by atoms with Crippen molar-refractivity contribution in [3.8, 4) is 0 Å². The number of imide groups is 1. The molecule has 1 saturated heterocycles. The van der Waals surface area contributed by atoms with Gasteiger partial charge in [-0.2, -0.15) is 0 Å². The Bertz CT molecular complexity index is 541. The van der Waals surface area contributed by atoms with Crippen molar-refractivity contribution in [2.75, 3.05) is 0 Å². The van der Waals surface area contributed by atoms with Gasteiger partial charge in [0.2, 0.25) is 11.8 Å². The van der Waals surface area contributed by atoms with E-state index in [0.29, 0.717) is 13.0 Å². The van der Waals surface area contributed by atoms with Crippen molar-refractivity contribution in [1.82, 2.24) is 10.2 Å². The summed E-state index contributed by atoms with van der Waals surface area (Å²) in [7, 11) is 0. The van der Waals surface area contributed by atoms with Crippen molar-refractivity contribution in [3.05, 3.63) is 21.4 Å². The highest BCUT2D eigenvalue weighted by Gasteiger charge is 2.42. The number of rotatable bonds is 4. The van der Waals surface area contributed by atoms with Gasteiger partial charge in [-0.15, -0.1) is 11.3 Å². The summed E-state index contributed by atoms with van der Waals surface area (Å²) >= 11 is 1.75. The van der Waals surface area contributed by atoms with Crippen LogP contribution in [0.3, 0.4) is 0 Å². The van der Waals surface area contributed by atoms with Gasteiger partial charge in [0.05, 0.1) is 12.5 Å². The standard InChI is InChI=1S/C16H22N2O2S/c1-10-7-13(21-11(10)2)9-17-14-8-15(19)18(16(14)20)12-5-3-4-6-12/h7,12,14,17H,3-6,8-9H2,1-2H3. The second kappa shape index (κ2) is 5.89. The minimum atomic E-state index is -0.333. The van der Waals surface area contributed by atoms with E-state index in [-0.39, 0.29) is 23.9 Å². The first kappa shape index (κ1) is 14.7. The molecule has 2 heterocycles. The van der Waals surface area contributed by atoms with E-state index < -0.39 is 0 Å². The third-order valence-corrected chi connectivity index (χ3v) is 5.77. The van der Waals surface area contributed by atoms with Crippen molar-refractivity contribution in [3.63, 3.8) is 0 Å². The van der Waals surface area contributed by atoms with Crippen LogP contribution in [0.5, 0.6) is 0 Å². The fraction of sp³-hybridized carbons (Fsp3) is 0.625. The van der Waals surface area contributed by atoms with Crippen molar-refractivity contribution in [1.29, 1.82) is 0 Å². The van der Waals surface area contributed by atoms with Gasteiger partial charge in [0.15, 0.2) is 0 Å². The van der Waals surface area contributed by atoms with Crippen LogP contribution in [-0.4, -0.2) is 28.8 Å². The van der Waals surface area contributed by atoms with Gasteiger partial charge in [0.25, 0.3) is 0 Å². The second-order valence-electron chi connectivity index (χ2n) is 6.13. The first-order valence-electron chi connectivity index (χ1n) is 7.71. The van der Waals surface area contributed by atoms with E-state index in [2.05, 4.69) is 25.2 Å². The van der Waals surface area contributed by atoms with Crippen LogP contribution in [0, 0.1) is 13.8 Å². The molecular weight excluding hydrogens is 284 g/mol. The highest BCUT2D eigenvalue weighted by molar-refractivity contribution is 7.12. The summed E-state index contributed by atoms with van der Waals surface area (Å²) in [5.74, 6) is -0.0140. The smallest absolute Gasteiger partial charge is 0.247 e. The average Bonchev–Trinajstić information content (AvgIpc) is 3.11. The SMILES string of the molecule is Cc1cc(CNC2CC(=O)N(C3CCCC3)C2=O)sc1C. The summed E-state index contributed by atoms with van der Waals surface area (Å²) in [6, 6.07) is 1.98. The zero-order chi connectivity index (χ0) is 15.0. The molecule has 21 heavy (non-hydrogen) atoms. The molecular formula is C16H22N2O2S. The molecule has 0 aromatic carbocycles. The Balaban J connectivity index is 1.61. The van der Waals surface area contributed by atoms with E-state index in [1.165, 1.54) is 20.2 Å². The van der Waals surface area contributed by atoms with E-state index in [4.69, 9.17) is 0 Å². The summed E-state index contributed by atoms with van der Waals surface area (Å²) in [5.41, 5.74) is 1.29. The van der Waals surface area contributed by atoms with Crippen LogP contribution in [0.15, 0.2) is 6.07 Å². The predicted molar refractivity (Wildman–Crippen MR) is 83.1 cm³/mol. The third-order valence-electron chi connectivity index (χ3n) is 4.61. The Kier molecular flexibility index (Phi) is 4.13. The van der Waals surface area contributed by atoms with Crippen molar-refractivity contribution < 1.29 is 9.59 Å². The van der Waals surface area contributed by atoms with Crippen LogP contribution in [0.2, 0.25) is 0 Å². The van der Waals surface area contributed by atoms with Crippen molar-refractivity contribution >= 4 is 23.2 Å². The molecule has 1 atom stereocenters. The minimum Gasteiger partial charge on any atom is -0.300 e.